The summed E-state index contributed by atoms with van der Waals surface area (Å²) in [4.78, 5) is 23.1. The maximum absolute atomic E-state index is 12.0. The summed E-state index contributed by atoms with van der Waals surface area (Å²) in [5.74, 6) is 0.00608. The van der Waals surface area contributed by atoms with Crippen LogP contribution in [-0.4, -0.2) is 32.8 Å². The number of allylic oxidation sites excluding steroid dienone is 2. The fourth-order valence-electron chi connectivity index (χ4n) is 2.06. The van der Waals surface area contributed by atoms with Gasteiger partial charge in [0.25, 0.3) is 0 Å². The van der Waals surface area contributed by atoms with E-state index in [4.69, 9.17) is 0 Å². The molecule has 110 valence electrons. The highest BCUT2D eigenvalue weighted by Crippen LogP contribution is 2.19. The van der Waals surface area contributed by atoms with Gasteiger partial charge in [-0.3, -0.25) is 9.59 Å². The third-order valence-corrected chi connectivity index (χ3v) is 2.82. The van der Waals surface area contributed by atoms with Crippen LogP contribution in [0.25, 0.3) is 0 Å². The van der Waals surface area contributed by atoms with Gasteiger partial charge in [0, 0.05) is 25.7 Å². The molecule has 19 heavy (non-hydrogen) atoms. The number of hydrogen-bond donors (Lipinski definition) is 3. The second kappa shape index (κ2) is 7.94. The lowest BCUT2D eigenvalue weighted by atomic mass is 9.89. The standard InChI is InChI=1S/C14H27N3O2/c1-10(2)13(16-6)11(8-18)17-12(19)7-14(3,4)9-15-5/h8,10,15-16H,7,9H2,1-6H3,(H,17,19)/b13-11+. The first-order chi connectivity index (χ1) is 8.77. The van der Waals surface area contributed by atoms with Crippen molar-refractivity contribution in [3.8, 4) is 0 Å². The van der Waals surface area contributed by atoms with Gasteiger partial charge >= 0.3 is 0 Å². The lowest BCUT2D eigenvalue weighted by Crippen LogP contribution is -2.35. The Labute approximate surface area is 116 Å². The summed E-state index contributed by atoms with van der Waals surface area (Å²) < 4.78 is 0. The van der Waals surface area contributed by atoms with Gasteiger partial charge in [0.15, 0.2) is 6.29 Å². The van der Waals surface area contributed by atoms with Crippen LogP contribution in [-0.2, 0) is 9.59 Å². The second-order valence-corrected chi connectivity index (χ2v) is 5.77. The van der Waals surface area contributed by atoms with Crippen molar-refractivity contribution in [3.63, 3.8) is 0 Å². The van der Waals surface area contributed by atoms with E-state index >= 15 is 0 Å². The number of hydrogen-bond acceptors (Lipinski definition) is 4. The molecule has 0 aliphatic rings. The normalized spacial score (nSPS) is 13.0. The van der Waals surface area contributed by atoms with E-state index in [9.17, 15) is 9.59 Å². The van der Waals surface area contributed by atoms with Crippen molar-refractivity contribution in [1.29, 1.82) is 0 Å². The van der Waals surface area contributed by atoms with Gasteiger partial charge in [0.1, 0.15) is 5.70 Å². The highest BCUT2D eigenvalue weighted by molar-refractivity contribution is 5.86. The Bertz CT molecular complexity index is 347. The molecule has 0 fully saturated rings. The molecule has 0 atom stereocenters. The molecule has 3 N–H and O–H groups in total. The van der Waals surface area contributed by atoms with Crippen LogP contribution in [0.2, 0.25) is 0 Å². The zero-order valence-electron chi connectivity index (χ0n) is 12.9. The first-order valence-electron chi connectivity index (χ1n) is 6.59. The van der Waals surface area contributed by atoms with Gasteiger partial charge in [0.05, 0.1) is 0 Å². The van der Waals surface area contributed by atoms with Crippen LogP contribution in [0, 0.1) is 11.3 Å². The maximum Gasteiger partial charge on any atom is 0.225 e. The number of carbonyl (C=O) groups excluding carboxylic acids is 2. The summed E-state index contributed by atoms with van der Waals surface area (Å²) in [6.45, 7) is 8.69. The van der Waals surface area contributed by atoms with Crippen LogP contribution in [0.5, 0.6) is 0 Å². The molecule has 0 aromatic carbocycles. The molecule has 0 radical (unpaired) electrons. The molecule has 0 saturated carbocycles. The summed E-state index contributed by atoms with van der Waals surface area (Å²) in [6, 6.07) is 0. The molecule has 0 saturated heterocycles. The molecule has 0 unspecified atom stereocenters. The van der Waals surface area contributed by atoms with Crippen molar-refractivity contribution in [1.82, 2.24) is 16.0 Å². The molecular formula is C14H27N3O2. The Morgan fingerprint density at radius 1 is 1.26 bits per heavy atom. The van der Waals surface area contributed by atoms with E-state index in [0.29, 0.717) is 18.4 Å². The highest BCUT2D eigenvalue weighted by atomic mass is 16.2. The first-order valence-corrected chi connectivity index (χ1v) is 6.59. The van der Waals surface area contributed by atoms with Crippen LogP contribution < -0.4 is 16.0 Å². The smallest absolute Gasteiger partial charge is 0.225 e. The molecule has 5 heteroatoms. The van der Waals surface area contributed by atoms with Crippen LogP contribution in [0.15, 0.2) is 11.4 Å². The predicted octanol–water partition coefficient (Wildman–Crippen LogP) is 1.02. The quantitative estimate of drug-likeness (QED) is 0.454. The van der Waals surface area contributed by atoms with Gasteiger partial charge in [-0.2, -0.15) is 0 Å². The Balaban J connectivity index is 4.82. The van der Waals surface area contributed by atoms with E-state index in [0.717, 1.165) is 12.2 Å². The van der Waals surface area contributed by atoms with E-state index in [1.165, 1.54) is 0 Å². The summed E-state index contributed by atoms with van der Waals surface area (Å²) in [5.41, 5.74) is 0.919. The van der Waals surface area contributed by atoms with Crippen molar-refractivity contribution >= 4 is 12.2 Å². The van der Waals surface area contributed by atoms with Crippen molar-refractivity contribution < 1.29 is 9.59 Å². The minimum atomic E-state index is -0.148. The molecule has 0 aromatic rings. The van der Waals surface area contributed by atoms with E-state index in [2.05, 4.69) is 16.0 Å². The van der Waals surface area contributed by atoms with Crippen LogP contribution in [0.1, 0.15) is 34.1 Å². The Kier molecular flexibility index (Phi) is 7.37. The molecule has 0 aliphatic carbocycles. The predicted molar refractivity (Wildman–Crippen MR) is 77.5 cm³/mol. The Hall–Kier alpha value is -1.36. The van der Waals surface area contributed by atoms with Crippen molar-refractivity contribution in [2.24, 2.45) is 11.3 Å². The summed E-state index contributed by atoms with van der Waals surface area (Å²) in [7, 11) is 3.60. The molecule has 0 rings (SSSR count). The summed E-state index contributed by atoms with van der Waals surface area (Å²) >= 11 is 0. The van der Waals surface area contributed by atoms with E-state index < -0.39 is 0 Å². The summed E-state index contributed by atoms with van der Waals surface area (Å²) in [5, 5.41) is 8.72. The molecule has 1 amide bonds. The van der Waals surface area contributed by atoms with E-state index in [-0.39, 0.29) is 17.2 Å². The second-order valence-electron chi connectivity index (χ2n) is 5.77. The third-order valence-electron chi connectivity index (χ3n) is 2.82. The van der Waals surface area contributed by atoms with Gasteiger partial charge in [0.2, 0.25) is 5.91 Å². The van der Waals surface area contributed by atoms with Gasteiger partial charge < -0.3 is 16.0 Å². The molecule has 0 aromatic heterocycles. The fraction of sp³-hybridized carbons (Fsp3) is 0.714. The molecule has 0 spiro atoms. The highest BCUT2D eigenvalue weighted by Gasteiger charge is 2.22. The minimum absolute atomic E-state index is 0.143. The van der Waals surface area contributed by atoms with Gasteiger partial charge in [-0.15, -0.1) is 0 Å². The molecule has 0 heterocycles. The van der Waals surface area contributed by atoms with Crippen molar-refractivity contribution in [2.75, 3.05) is 20.6 Å². The Morgan fingerprint density at radius 2 is 1.84 bits per heavy atom. The van der Waals surface area contributed by atoms with Gasteiger partial charge in [-0.1, -0.05) is 27.7 Å². The average Bonchev–Trinajstić information content (AvgIpc) is 2.26. The van der Waals surface area contributed by atoms with Crippen LogP contribution >= 0.6 is 0 Å². The Morgan fingerprint density at radius 3 is 2.21 bits per heavy atom. The fourth-order valence-corrected chi connectivity index (χ4v) is 2.06. The van der Waals surface area contributed by atoms with Crippen molar-refractivity contribution in [3.05, 3.63) is 11.4 Å². The van der Waals surface area contributed by atoms with E-state index in [1.54, 1.807) is 7.05 Å². The SMILES string of the molecule is CNCC(C)(C)CC(=O)N/C(C=O)=C(/NC)C(C)C. The van der Waals surface area contributed by atoms with Crippen LogP contribution in [0.4, 0.5) is 0 Å². The monoisotopic (exact) mass is 269 g/mol. The zero-order valence-corrected chi connectivity index (χ0v) is 12.9. The summed E-state index contributed by atoms with van der Waals surface area (Å²) in [6.07, 6.45) is 1.05. The largest absolute Gasteiger partial charge is 0.389 e. The number of aldehydes is 1. The minimum Gasteiger partial charge on any atom is -0.389 e. The zero-order chi connectivity index (χ0) is 15.1. The molecule has 0 aliphatic heterocycles. The number of amides is 1. The lowest BCUT2D eigenvalue weighted by molar-refractivity contribution is -0.123. The number of nitrogens with one attached hydrogen (secondary N) is 3. The maximum atomic E-state index is 12.0. The lowest BCUT2D eigenvalue weighted by Gasteiger charge is -2.24. The average molecular weight is 269 g/mol. The third kappa shape index (κ3) is 6.38. The van der Waals surface area contributed by atoms with Gasteiger partial charge in [-0.05, 0) is 18.4 Å². The topological polar surface area (TPSA) is 70.2 Å². The van der Waals surface area contributed by atoms with Crippen molar-refractivity contribution in [2.45, 2.75) is 34.1 Å². The number of carbonyl (C=O) groups is 2. The molecule has 0 bridgehead atoms. The first kappa shape index (κ1) is 17.6. The molecular weight excluding hydrogens is 242 g/mol. The van der Waals surface area contributed by atoms with E-state index in [1.807, 2.05) is 34.7 Å². The van der Waals surface area contributed by atoms with Gasteiger partial charge in [-0.25, -0.2) is 0 Å². The molecule has 5 nitrogen and oxygen atoms in total. The number of rotatable bonds is 8. The van der Waals surface area contributed by atoms with Crippen LogP contribution in [0.3, 0.4) is 0 Å².